The van der Waals surface area contributed by atoms with Crippen LogP contribution in [0.4, 0.5) is 0 Å². The summed E-state index contributed by atoms with van der Waals surface area (Å²) in [5.41, 5.74) is 1.37. The van der Waals surface area contributed by atoms with Crippen molar-refractivity contribution in [2.24, 2.45) is 17.3 Å². The van der Waals surface area contributed by atoms with Crippen molar-refractivity contribution in [1.29, 1.82) is 0 Å². The fourth-order valence-corrected chi connectivity index (χ4v) is 3.63. The molecular formula is C16H24O3. The summed E-state index contributed by atoms with van der Waals surface area (Å²) in [5, 5.41) is 0. The first kappa shape index (κ1) is 14.3. The Balaban J connectivity index is 2.29. The normalized spacial score (nSPS) is 31.9. The zero-order valence-electron chi connectivity index (χ0n) is 12.4. The Labute approximate surface area is 115 Å². The minimum absolute atomic E-state index is 0.100. The fourth-order valence-electron chi connectivity index (χ4n) is 3.63. The predicted octanol–water partition coefficient (Wildman–Crippen LogP) is 3.28. The number of rotatable bonds is 3. The Morgan fingerprint density at radius 3 is 2.68 bits per heavy atom. The smallest absolute Gasteiger partial charge is 0.302 e. The van der Waals surface area contributed by atoms with E-state index in [1.807, 2.05) is 6.08 Å². The summed E-state index contributed by atoms with van der Waals surface area (Å²) in [7, 11) is 0. The molecule has 0 spiro atoms. The van der Waals surface area contributed by atoms with Crippen LogP contribution < -0.4 is 0 Å². The summed E-state index contributed by atoms with van der Waals surface area (Å²) in [6, 6.07) is 0. The van der Waals surface area contributed by atoms with Crippen molar-refractivity contribution >= 4 is 11.8 Å². The van der Waals surface area contributed by atoms with E-state index in [9.17, 15) is 9.59 Å². The van der Waals surface area contributed by atoms with E-state index >= 15 is 0 Å². The summed E-state index contributed by atoms with van der Waals surface area (Å²) >= 11 is 0. The molecule has 3 heteroatoms. The van der Waals surface area contributed by atoms with Crippen LogP contribution in [0.25, 0.3) is 0 Å². The average Bonchev–Trinajstić information content (AvgIpc) is 2.63. The number of carbonyl (C=O) groups is 2. The number of ketones is 1. The third-order valence-electron chi connectivity index (χ3n) is 4.70. The highest BCUT2D eigenvalue weighted by Gasteiger charge is 2.46. The van der Waals surface area contributed by atoms with Crippen LogP contribution >= 0.6 is 0 Å². The molecule has 3 unspecified atom stereocenters. The van der Waals surface area contributed by atoms with Gasteiger partial charge >= 0.3 is 5.97 Å². The summed E-state index contributed by atoms with van der Waals surface area (Å²) in [4.78, 5) is 23.0. The van der Waals surface area contributed by atoms with E-state index in [-0.39, 0.29) is 35.1 Å². The summed E-state index contributed by atoms with van der Waals surface area (Å²) in [5.74, 6) is 0.493. The highest BCUT2D eigenvalue weighted by Crippen LogP contribution is 2.53. The fraction of sp³-hybridized carbons (Fsp3) is 0.750. The van der Waals surface area contributed by atoms with Crippen LogP contribution in [0.2, 0.25) is 0 Å². The highest BCUT2D eigenvalue weighted by atomic mass is 16.5. The van der Waals surface area contributed by atoms with Crippen molar-refractivity contribution in [3.8, 4) is 0 Å². The molecule has 0 aromatic carbocycles. The van der Waals surface area contributed by atoms with Crippen molar-refractivity contribution < 1.29 is 14.3 Å². The molecule has 0 bridgehead atoms. The quantitative estimate of drug-likeness (QED) is 0.735. The number of carbonyl (C=O) groups excluding carboxylic acids is 2. The molecular weight excluding hydrogens is 240 g/mol. The van der Waals surface area contributed by atoms with Crippen molar-refractivity contribution in [2.45, 2.75) is 59.5 Å². The minimum Gasteiger partial charge on any atom is -0.462 e. The lowest BCUT2D eigenvalue weighted by Crippen LogP contribution is -2.33. The molecule has 0 amide bonds. The topological polar surface area (TPSA) is 43.4 Å². The number of hydrogen-bond donors (Lipinski definition) is 0. The Hall–Kier alpha value is -1.12. The van der Waals surface area contributed by atoms with Crippen LogP contribution in [0.5, 0.6) is 0 Å². The zero-order valence-corrected chi connectivity index (χ0v) is 12.4. The second-order valence-electron chi connectivity index (χ2n) is 6.59. The van der Waals surface area contributed by atoms with E-state index in [0.29, 0.717) is 6.42 Å². The van der Waals surface area contributed by atoms with Crippen molar-refractivity contribution in [1.82, 2.24) is 0 Å². The summed E-state index contributed by atoms with van der Waals surface area (Å²) in [6.07, 6.45) is 5.45. The predicted molar refractivity (Wildman–Crippen MR) is 73.5 cm³/mol. The van der Waals surface area contributed by atoms with Gasteiger partial charge in [-0.15, -0.1) is 0 Å². The highest BCUT2D eigenvalue weighted by molar-refractivity contribution is 5.91. The van der Waals surface area contributed by atoms with E-state index in [1.54, 1.807) is 0 Å². The average molecular weight is 264 g/mol. The van der Waals surface area contributed by atoms with Gasteiger partial charge in [0.1, 0.15) is 6.10 Å². The number of fused-ring (bicyclic) bond motifs is 1. The van der Waals surface area contributed by atoms with Gasteiger partial charge in [-0.25, -0.2) is 0 Å². The zero-order chi connectivity index (χ0) is 14.2. The molecule has 19 heavy (non-hydrogen) atoms. The van der Waals surface area contributed by atoms with Gasteiger partial charge in [-0.05, 0) is 36.7 Å². The molecule has 2 rings (SSSR count). The first-order valence-electron chi connectivity index (χ1n) is 7.25. The van der Waals surface area contributed by atoms with E-state index in [4.69, 9.17) is 4.74 Å². The molecule has 0 radical (unpaired) electrons. The monoisotopic (exact) mass is 264 g/mol. The van der Waals surface area contributed by atoms with Gasteiger partial charge in [-0.1, -0.05) is 26.3 Å². The largest absolute Gasteiger partial charge is 0.462 e. The van der Waals surface area contributed by atoms with E-state index < -0.39 is 0 Å². The number of allylic oxidation sites excluding steroid dienone is 1. The van der Waals surface area contributed by atoms with Gasteiger partial charge in [0.2, 0.25) is 0 Å². The summed E-state index contributed by atoms with van der Waals surface area (Å²) in [6.45, 7) is 7.86. The van der Waals surface area contributed by atoms with E-state index in [1.165, 1.54) is 12.5 Å². The molecule has 1 fully saturated rings. The maximum absolute atomic E-state index is 11.7. The maximum Gasteiger partial charge on any atom is 0.302 e. The molecule has 1 saturated carbocycles. The van der Waals surface area contributed by atoms with Crippen molar-refractivity contribution in [3.05, 3.63) is 11.6 Å². The van der Waals surface area contributed by atoms with Gasteiger partial charge < -0.3 is 4.74 Å². The van der Waals surface area contributed by atoms with E-state index in [0.717, 1.165) is 19.3 Å². The van der Waals surface area contributed by atoms with Gasteiger partial charge in [0.25, 0.3) is 0 Å². The van der Waals surface area contributed by atoms with Crippen LogP contribution in [0, 0.1) is 17.3 Å². The van der Waals surface area contributed by atoms with Crippen LogP contribution in [0.3, 0.4) is 0 Å². The molecule has 0 aromatic rings. The third-order valence-corrected chi connectivity index (χ3v) is 4.70. The molecule has 0 aromatic heterocycles. The Morgan fingerprint density at radius 1 is 1.42 bits per heavy atom. The maximum atomic E-state index is 11.7. The molecule has 0 heterocycles. The van der Waals surface area contributed by atoms with Gasteiger partial charge in [0.05, 0.1) is 0 Å². The van der Waals surface area contributed by atoms with Crippen LogP contribution in [0.1, 0.15) is 53.4 Å². The van der Waals surface area contributed by atoms with Gasteiger partial charge in [-0.2, -0.15) is 0 Å². The minimum atomic E-state index is -0.227. The second-order valence-corrected chi connectivity index (χ2v) is 6.59. The van der Waals surface area contributed by atoms with Crippen LogP contribution in [0.15, 0.2) is 11.6 Å². The molecule has 3 atom stereocenters. The number of esters is 1. The van der Waals surface area contributed by atoms with Crippen LogP contribution in [-0.4, -0.2) is 17.9 Å². The van der Waals surface area contributed by atoms with E-state index in [2.05, 4.69) is 20.8 Å². The molecule has 0 saturated heterocycles. The SMILES string of the molecule is CC(=O)OC(C(C)C)C1CCC2(C)CCC(=O)C=C12. The molecule has 2 aliphatic carbocycles. The molecule has 106 valence electrons. The molecule has 3 nitrogen and oxygen atoms in total. The molecule has 0 aliphatic heterocycles. The number of ether oxygens (including phenoxy) is 1. The van der Waals surface area contributed by atoms with Crippen molar-refractivity contribution in [3.63, 3.8) is 0 Å². The Bertz CT molecular complexity index is 422. The van der Waals surface area contributed by atoms with Gasteiger partial charge in [0, 0.05) is 19.3 Å². The first-order valence-corrected chi connectivity index (χ1v) is 7.25. The lowest BCUT2D eigenvalue weighted by atomic mass is 9.72. The lowest BCUT2D eigenvalue weighted by molar-refractivity contribution is -0.151. The third kappa shape index (κ3) is 2.75. The lowest BCUT2D eigenvalue weighted by Gasteiger charge is -2.34. The molecule has 0 N–H and O–H groups in total. The second kappa shape index (κ2) is 5.10. The first-order chi connectivity index (χ1) is 8.83. The standard InChI is InChI=1S/C16H24O3/c1-10(2)15(19-11(3)17)13-6-8-16(4)7-5-12(18)9-14(13)16/h9-10,13,15H,5-8H2,1-4H3. The van der Waals surface area contributed by atoms with Gasteiger partial charge in [-0.3, -0.25) is 9.59 Å². The summed E-state index contributed by atoms with van der Waals surface area (Å²) < 4.78 is 5.53. The van der Waals surface area contributed by atoms with Gasteiger partial charge in [0.15, 0.2) is 5.78 Å². The Morgan fingerprint density at radius 2 is 2.11 bits per heavy atom. The Kier molecular flexibility index (Phi) is 3.84. The van der Waals surface area contributed by atoms with Crippen molar-refractivity contribution in [2.75, 3.05) is 0 Å². The molecule has 2 aliphatic rings. The van der Waals surface area contributed by atoms with Crippen LogP contribution in [-0.2, 0) is 14.3 Å². The number of hydrogen-bond acceptors (Lipinski definition) is 3.